The molecule has 0 fully saturated rings. The Morgan fingerprint density at radius 1 is 1.33 bits per heavy atom. The zero-order valence-electron chi connectivity index (χ0n) is 10.4. The molecule has 5 heteroatoms. The molecule has 2 rings (SSSR count). The second kappa shape index (κ2) is 5.95. The van der Waals surface area contributed by atoms with Crippen LogP contribution < -0.4 is 0 Å². The van der Waals surface area contributed by atoms with Gasteiger partial charge in [0, 0.05) is 5.56 Å². The maximum absolute atomic E-state index is 5.56. The minimum absolute atomic E-state index is 0.701. The normalized spacial score (nSPS) is 10.3. The number of unbranched alkanes of at least 4 members (excludes halogenated alkanes) is 1. The van der Waals surface area contributed by atoms with Crippen molar-refractivity contribution < 1.29 is 4.74 Å². The van der Waals surface area contributed by atoms with Crippen LogP contribution in [0.2, 0.25) is 0 Å². The smallest absolute Gasteiger partial charge is 0.143 e. The molecule has 0 radical (unpaired) electrons. The van der Waals surface area contributed by atoms with Crippen molar-refractivity contribution in [2.24, 2.45) is 0 Å². The van der Waals surface area contributed by atoms with Gasteiger partial charge in [0.2, 0.25) is 0 Å². The van der Waals surface area contributed by atoms with E-state index in [0.717, 1.165) is 24.1 Å². The van der Waals surface area contributed by atoms with Crippen LogP contribution in [0.1, 0.15) is 25.3 Å². The molecule has 18 heavy (non-hydrogen) atoms. The molecule has 94 valence electrons. The van der Waals surface area contributed by atoms with Crippen molar-refractivity contribution in [3.8, 4) is 5.69 Å². The lowest BCUT2D eigenvalue weighted by Crippen LogP contribution is -1.97. The van der Waals surface area contributed by atoms with Crippen LogP contribution >= 0.6 is 0 Å². The lowest BCUT2D eigenvalue weighted by molar-refractivity contribution is 0.271. The highest BCUT2D eigenvalue weighted by atomic mass is 16.5. The summed E-state index contributed by atoms with van der Waals surface area (Å²) in [5.41, 5.74) is 1.88. The molecule has 1 aromatic heterocycles. The zero-order valence-corrected chi connectivity index (χ0v) is 10.4. The molecule has 0 amide bonds. The molecule has 0 aliphatic heterocycles. The first kappa shape index (κ1) is 12.3. The lowest BCUT2D eigenvalue weighted by atomic mass is 10.2. The maximum Gasteiger partial charge on any atom is 0.143 e. The minimum Gasteiger partial charge on any atom is -0.494 e. The molecule has 0 N–H and O–H groups in total. The van der Waals surface area contributed by atoms with Crippen molar-refractivity contribution in [2.75, 3.05) is 6.61 Å². The number of benzene rings is 1. The minimum atomic E-state index is 0.701. The number of hydrogen-bond acceptors (Lipinski definition) is 4. The van der Waals surface area contributed by atoms with Gasteiger partial charge in [-0.15, -0.1) is 5.10 Å². The molecule has 5 nitrogen and oxygen atoms in total. The Labute approximate surface area is 106 Å². The summed E-state index contributed by atoms with van der Waals surface area (Å²) in [4.78, 5) is 0. The standard InChI is InChI=1S/C13H16N4O/c1-3-4-9-18-11(2)12-5-7-13(8-6-12)17-10-14-15-16-17/h5-8,10H,2-4,9H2,1H3. The third-order valence-electron chi connectivity index (χ3n) is 2.58. The molecule has 1 heterocycles. The number of aromatic nitrogens is 4. The first-order chi connectivity index (χ1) is 8.81. The van der Waals surface area contributed by atoms with E-state index in [4.69, 9.17) is 4.74 Å². The topological polar surface area (TPSA) is 52.8 Å². The summed E-state index contributed by atoms with van der Waals surface area (Å²) >= 11 is 0. The van der Waals surface area contributed by atoms with E-state index in [1.807, 2.05) is 24.3 Å². The Hall–Kier alpha value is -2.17. The van der Waals surface area contributed by atoms with Gasteiger partial charge >= 0.3 is 0 Å². The molecular formula is C13H16N4O. The Morgan fingerprint density at radius 2 is 2.11 bits per heavy atom. The van der Waals surface area contributed by atoms with Crippen molar-refractivity contribution in [3.05, 3.63) is 42.7 Å². The summed E-state index contributed by atoms with van der Waals surface area (Å²) in [6, 6.07) is 7.76. The maximum atomic E-state index is 5.56. The van der Waals surface area contributed by atoms with Gasteiger partial charge in [-0.05, 0) is 41.1 Å². The average Bonchev–Trinajstić information content (AvgIpc) is 2.93. The van der Waals surface area contributed by atoms with E-state index < -0.39 is 0 Å². The molecule has 0 aliphatic carbocycles. The van der Waals surface area contributed by atoms with E-state index in [1.165, 1.54) is 0 Å². The number of tetrazole rings is 1. The van der Waals surface area contributed by atoms with E-state index in [9.17, 15) is 0 Å². The van der Waals surface area contributed by atoms with Crippen LogP contribution in [0.4, 0.5) is 0 Å². The van der Waals surface area contributed by atoms with Crippen molar-refractivity contribution in [3.63, 3.8) is 0 Å². The quantitative estimate of drug-likeness (QED) is 0.578. The summed E-state index contributed by atoms with van der Waals surface area (Å²) < 4.78 is 7.16. The Bertz CT molecular complexity index is 490. The monoisotopic (exact) mass is 244 g/mol. The Kier molecular flexibility index (Phi) is 4.06. The van der Waals surface area contributed by atoms with Crippen LogP contribution in [-0.2, 0) is 4.74 Å². The fourth-order valence-corrected chi connectivity index (χ4v) is 1.50. The van der Waals surface area contributed by atoms with Crippen LogP contribution in [-0.4, -0.2) is 26.8 Å². The average molecular weight is 244 g/mol. The number of rotatable bonds is 6. The van der Waals surface area contributed by atoms with Gasteiger partial charge in [-0.2, -0.15) is 0 Å². The van der Waals surface area contributed by atoms with E-state index in [-0.39, 0.29) is 0 Å². The van der Waals surface area contributed by atoms with E-state index in [0.29, 0.717) is 12.4 Å². The van der Waals surface area contributed by atoms with Gasteiger partial charge in [-0.3, -0.25) is 0 Å². The van der Waals surface area contributed by atoms with Crippen LogP contribution in [0.5, 0.6) is 0 Å². The van der Waals surface area contributed by atoms with Crippen LogP contribution in [0, 0.1) is 0 Å². The molecule has 0 spiro atoms. The van der Waals surface area contributed by atoms with Crippen LogP contribution in [0.15, 0.2) is 37.2 Å². The van der Waals surface area contributed by atoms with Crippen molar-refractivity contribution in [2.45, 2.75) is 19.8 Å². The van der Waals surface area contributed by atoms with Gasteiger partial charge in [0.1, 0.15) is 12.1 Å². The molecule has 0 atom stereocenters. The Balaban J connectivity index is 2.01. The fourth-order valence-electron chi connectivity index (χ4n) is 1.50. The van der Waals surface area contributed by atoms with Crippen molar-refractivity contribution >= 4 is 5.76 Å². The second-order valence-electron chi connectivity index (χ2n) is 3.93. The molecule has 2 aromatic rings. The van der Waals surface area contributed by atoms with Crippen molar-refractivity contribution in [1.82, 2.24) is 20.2 Å². The summed E-state index contributed by atoms with van der Waals surface area (Å²) in [6.45, 7) is 6.76. The molecule has 1 aromatic carbocycles. The van der Waals surface area contributed by atoms with Crippen molar-refractivity contribution in [1.29, 1.82) is 0 Å². The lowest BCUT2D eigenvalue weighted by Gasteiger charge is -2.09. The van der Waals surface area contributed by atoms with Crippen LogP contribution in [0.25, 0.3) is 11.4 Å². The highest BCUT2D eigenvalue weighted by Crippen LogP contribution is 2.16. The number of ether oxygens (including phenoxy) is 1. The number of hydrogen-bond donors (Lipinski definition) is 0. The first-order valence-corrected chi connectivity index (χ1v) is 5.96. The molecule has 0 saturated carbocycles. The summed E-state index contributed by atoms with van der Waals surface area (Å²) in [5, 5.41) is 11.0. The van der Waals surface area contributed by atoms with E-state index in [1.54, 1.807) is 11.0 Å². The fraction of sp³-hybridized carbons (Fsp3) is 0.308. The molecule has 0 saturated heterocycles. The SMILES string of the molecule is C=C(OCCCC)c1ccc(-n2cnnn2)cc1. The summed E-state index contributed by atoms with van der Waals surface area (Å²) in [5.74, 6) is 0.701. The van der Waals surface area contributed by atoms with Gasteiger partial charge in [0.05, 0.1) is 12.3 Å². The van der Waals surface area contributed by atoms with Crippen LogP contribution in [0.3, 0.4) is 0 Å². The zero-order chi connectivity index (χ0) is 12.8. The molecule has 0 unspecified atom stereocenters. The second-order valence-corrected chi connectivity index (χ2v) is 3.93. The first-order valence-electron chi connectivity index (χ1n) is 5.96. The Morgan fingerprint density at radius 3 is 2.72 bits per heavy atom. The van der Waals surface area contributed by atoms with Gasteiger partial charge in [0.25, 0.3) is 0 Å². The van der Waals surface area contributed by atoms with E-state index >= 15 is 0 Å². The summed E-state index contributed by atoms with van der Waals surface area (Å²) in [7, 11) is 0. The van der Waals surface area contributed by atoms with Gasteiger partial charge in [-0.25, -0.2) is 4.68 Å². The predicted molar refractivity (Wildman–Crippen MR) is 69.0 cm³/mol. The largest absolute Gasteiger partial charge is 0.494 e. The highest BCUT2D eigenvalue weighted by Gasteiger charge is 2.02. The summed E-state index contributed by atoms with van der Waals surface area (Å²) in [6.07, 6.45) is 3.72. The van der Waals surface area contributed by atoms with Gasteiger partial charge in [0.15, 0.2) is 0 Å². The van der Waals surface area contributed by atoms with Gasteiger partial charge in [-0.1, -0.05) is 19.9 Å². The highest BCUT2D eigenvalue weighted by molar-refractivity contribution is 5.58. The molecule has 0 bridgehead atoms. The van der Waals surface area contributed by atoms with Gasteiger partial charge < -0.3 is 4.74 Å². The van der Waals surface area contributed by atoms with E-state index in [2.05, 4.69) is 29.0 Å². The number of nitrogens with zero attached hydrogens (tertiary/aromatic N) is 4. The predicted octanol–water partition coefficient (Wildman–Crippen LogP) is 2.45. The third kappa shape index (κ3) is 2.94. The third-order valence-corrected chi connectivity index (χ3v) is 2.58. The molecule has 0 aliphatic rings. The molecular weight excluding hydrogens is 228 g/mol.